The number of carbonyl (C=O) groups is 1. The number of amides is 1. The molecule has 0 aromatic heterocycles. The largest absolute Gasteiger partial charge is 0.477 e. The molecular weight excluding hydrogens is 271 g/mol. The lowest BCUT2D eigenvalue weighted by Gasteiger charge is -2.19. The van der Waals surface area contributed by atoms with Gasteiger partial charge in [-0.25, -0.2) is 4.39 Å². The molecule has 1 unspecified atom stereocenters. The minimum atomic E-state index is -0.593. The fourth-order valence-corrected chi connectivity index (χ4v) is 2.53. The lowest BCUT2D eigenvalue weighted by atomic mass is 10.1. The summed E-state index contributed by atoms with van der Waals surface area (Å²) in [6.07, 6.45) is 4.25. The van der Waals surface area contributed by atoms with Crippen LogP contribution < -0.4 is 15.4 Å². The van der Waals surface area contributed by atoms with Gasteiger partial charge in [-0.2, -0.15) is 0 Å². The highest BCUT2D eigenvalue weighted by Gasteiger charge is 2.26. The highest BCUT2D eigenvalue weighted by molar-refractivity contribution is 5.81. The quantitative estimate of drug-likeness (QED) is 0.874. The van der Waals surface area contributed by atoms with Crippen LogP contribution in [0.5, 0.6) is 5.75 Å². The van der Waals surface area contributed by atoms with Crippen LogP contribution in [0.1, 0.15) is 37.7 Å². The number of hydrogen-bond acceptors (Lipinski definition) is 3. The van der Waals surface area contributed by atoms with Gasteiger partial charge >= 0.3 is 0 Å². The molecule has 1 saturated carbocycles. The lowest BCUT2D eigenvalue weighted by molar-refractivity contribution is -0.127. The standard InChI is InChI=1S/C16H21FN2O2/c17-13-5-3-4-11(10-19-12-7-8-12)15(13)21-14-6-1-2-9-18-16(14)20/h3-5,12,14,19H,1-2,6-10H2,(H,18,20). The number of ether oxygens (including phenoxy) is 1. The number of carbonyl (C=O) groups excluding carboxylic acids is 1. The van der Waals surface area contributed by atoms with E-state index >= 15 is 0 Å². The summed E-state index contributed by atoms with van der Waals surface area (Å²) in [7, 11) is 0. The Morgan fingerprint density at radius 3 is 2.95 bits per heavy atom. The van der Waals surface area contributed by atoms with Crippen LogP contribution in [-0.2, 0) is 11.3 Å². The lowest BCUT2D eigenvalue weighted by Crippen LogP contribution is -2.37. The first-order valence-corrected chi connectivity index (χ1v) is 7.69. The van der Waals surface area contributed by atoms with E-state index < -0.39 is 11.9 Å². The van der Waals surface area contributed by atoms with E-state index in [0.717, 1.165) is 18.4 Å². The van der Waals surface area contributed by atoms with Gasteiger partial charge in [0.05, 0.1) is 0 Å². The van der Waals surface area contributed by atoms with Crippen molar-refractivity contribution < 1.29 is 13.9 Å². The van der Waals surface area contributed by atoms with E-state index in [1.807, 2.05) is 6.07 Å². The van der Waals surface area contributed by atoms with Gasteiger partial charge in [-0.05, 0) is 38.2 Å². The monoisotopic (exact) mass is 292 g/mol. The van der Waals surface area contributed by atoms with Crippen LogP contribution >= 0.6 is 0 Å². The number of hydrogen-bond donors (Lipinski definition) is 2. The molecule has 1 heterocycles. The van der Waals surface area contributed by atoms with Crippen LogP contribution in [0.4, 0.5) is 4.39 Å². The maximum absolute atomic E-state index is 14.1. The third-order valence-electron chi connectivity index (χ3n) is 3.95. The summed E-state index contributed by atoms with van der Waals surface area (Å²) >= 11 is 0. The summed E-state index contributed by atoms with van der Waals surface area (Å²) in [5, 5.41) is 6.17. The van der Waals surface area contributed by atoms with Gasteiger partial charge in [-0.1, -0.05) is 12.1 Å². The SMILES string of the molecule is O=C1NCCCCC1Oc1c(F)cccc1CNC1CC1. The molecule has 0 bridgehead atoms. The van der Waals surface area contributed by atoms with E-state index in [1.165, 1.54) is 18.9 Å². The molecule has 0 spiro atoms. The molecule has 5 heteroatoms. The normalized spacial score (nSPS) is 22.5. The zero-order valence-electron chi connectivity index (χ0n) is 12.0. The topological polar surface area (TPSA) is 50.4 Å². The Labute approximate surface area is 124 Å². The Balaban J connectivity index is 1.73. The van der Waals surface area contributed by atoms with Crippen LogP contribution in [0.3, 0.4) is 0 Å². The van der Waals surface area contributed by atoms with Crippen LogP contribution in [-0.4, -0.2) is 24.6 Å². The minimum absolute atomic E-state index is 0.142. The van der Waals surface area contributed by atoms with E-state index in [1.54, 1.807) is 6.07 Å². The fraction of sp³-hybridized carbons (Fsp3) is 0.562. The number of halogens is 1. The Morgan fingerprint density at radius 2 is 2.14 bits per heavy atom. The van der Waals surface area contributed by atoms with Crippen LogP contribution in [0, 0.1) is 5.82 Å². The molecule has 114 valence electrons. The fourth-order valence-electron chi connectivity index (χ4n) is 2.53. The van der Waals surface area contributed by atoms with Gasteiger partial charge in [0.2, 0.25) is 0 Å². The third kappa shape index (κ3) is 3.73. The second-order valence-electron chi connectivity index (χ2n) is 5.78. The molecule has 2 N–H and O–H groups in total. The number of nitrogens with one attached hydrogen (secondary N) is 2. The van der Waals surface area contributed by atoms with Crippen molar-refractivity contribution in [3.63, 3.8) is 0 Å². The van der Waals surface area contributed by atoms with Crippen molar-refractivity contribution in [2.24, 2.45) is 0 Å². The van der Waals surface area contributed by atoms with E-state index in [-0.39, 0.29) is 11.7 Å². The van der Waals surface area contributed by atoms with Crippen molar-refractivity contribution in [3.8, 4) is 5.75 Å². The Bertz CT molecular complexity index is 517. The summed E-state index contributed by atoms with van der Waals surface area (Å²) in [4.78, 5) is 11.9. The average molecular weight is 292 g/mol. The van der Waals surface area contributed by atoms with Crippen LogP contribution in [0.25, 0.3) is 0 Å². The number of benzene rings is 1. The van der Waals surface area contributed by atoms with Crippen molar-refractivity contribution in [2.45, 2.75) is 50.8 Å². The van der Waals surface area contributed by atoms with E-state index in [2.05, 4.69) is 10.6 Å². The van der Waals surface area contributed by atoms with E-state index in [4.69, 9.17) is 4.74 Å². The maximum atomic E-state index is 14.1. The third-order valence-corrected chi connectivity index (χ3v) is 3.95. The molecule has 4 nitrogen and oxygen atoms in total. The smallest absolute Gasteiger partial charge is 0.261 e. The first kappa shape index (κ1) is 14.3. The van der Waals surface area contributed by atoms with Gasteiger partial charge in [0.15, 0.2) is 17.7 Å². The molecule has 1 aromatic rings. The van der Waals surface area contributed by atoms with Gasteiger partial charge in [0.25, 0.3) is 5.91 Å². The molecular formula is C16H21FN2O2. The Hall–Kier alpha value is -1.62. The van der Waals surface area contributed by atoms with Gasteiger partial charge in [0.1, 0.15) is 0 Å². The van der Waals surface area contributed by atoms with Crippen LogP contribution in [0.2, 0.25) is 0 Å². The predicted molar refractivity (Wildman–Crippen MR) is 77.5 cm³/mol. The molecule has 1 aromatic carbocycles. The zero-order valence-corrected chi connectivity index (χ0v) is 12.0. The molecule has 0 radical (unpaired) electrons. The molecule has 1 atom stereocenters. The number of para-hydroxylation sites is 1. The molecule has 1 saturated heterocycles. The highest BCUT2D eigenvalue weighted by Crippen LogP contribution is 2.27. The van der Waals surface area contributed by atoms with Gasteiger partial charge in [-0.3, -0.25) is 4.79 Å². The van der Waals surface area contributed by atoms with Crippen molar-refractivity contribution in [1.29, 1.82) is 0 Å². The van der Waals surface area contributed by atoms with Gasteiger partial charge in [-0.15, -0.1) is 0 Å². The Kier molecular flexibility index (Phi) is 4.39. The van der Waals surface area contributed by atoms with E-state index in [9.17, 15) is 9.18 Å². The summed E-state index contributed by atoms with van der Waals surface area (Å²) < 4.78 is 19.8. The first-order valence-electron chi connectivity index (χ1n) is 7.69. The molecule has 2 fully saturated rings. The zero-order chi connectivity index (χ0) is 14.7. The van der Waals surface area contributed by atoms with Gasteiger partial charge in [0, 0.05) is 24.7 Å². The average Bonchev–Trinajstić information content (AvgIpc) is 3.29. The second-order valence-corrected chi connectivity index (χ2v) is 5.78. The molecule has 1 aliphatic carbocycles. The van der Waals surface area contributed by atoms with Crippen LogP contribution in [0.15, 0.2) is 18.2 Å². The summed E-state index contributed by atoms with van der Waals surface area (Å²) in [6.45, 7) is 1.25. The first-order chi connectivity index (χ1) is 10.2. The van der Waals surface area contributed by atoms with Crippen molar-refractivity contribution in [2.75, 3.05) is 6.54 Å². The molecule has 2 aliphatic rings. The molecule has 1 aliphatic heterocycles. The maximum Gasteiger partial charge on any atom is 0.261 e. The molecule has 3 rings (SSSR count). The minimum Gasteiger partial charge on any atom is -0.477 e. The summed E-state index contributed by atoms with van der Waals surface area (Å²) in [5.41, 5.74) is 0.777. The summed E-state index contributed by atoms with van der Waals surface area (Å²) in [5.74, 6) is -0.327. The van der Waals surface area contributed by atoms with Crippen molar-refractivity contribution in [3.05, 3.63) is 29.6 Å². The molecule has 21 heavy (non-hydrogen) atoms. The van der Waals surface area contributed by atoms with Crippen molar-refractivity contribution in [1.82, 2.24) is 10.6 Å². The number of rotatable bonds is 5. The predicted octanol–water partition coefficient (Wildman–Crippen LogP) is 2.13. The highest BCUT2D eigenvalue weighted by atomic mass is 19.1. The Morgan fingerprint density at radius 1 is 1.29 bits per heavy atom. The van der Waals surface area contributed by atoms with Crippen molar-refractivity contribution >= 4 is 5.91 Å². The summed E-state index contributed by atoms with van der Waals surface area (Å²) in [6, 6.07) is 5.45. The van der Waals surface area contributed by atoms with Gasteiger partial charge < -0.3 is 15.4 Å². The van der Waals surface area contributed by atoms with E-state index in [0.29, 0.717) is 25.6 Å². The second kappa shape index (κ2) is 6.43. The molecule has 1 amide bonds.